The van der Waals surface area contributed by atoms with E-state index in [4.69, 9.17) is 4.98 Å². The average molecular weight is 474 g/mol. The Morgan fingerprint density at radius 1 is 0.595 bits per heavy atom. The Labute approximate surface area is 217 Å². The molecule has 0 atom stereocenters. The standard InChI is InChI=1S/C36H27N/c1-24-17-20-34(37-23-24)27-11-8-12-28(22-27)35-30-13-4-6-15-32(30)36(33-16-7-5-14-31(33)35)29-19-18-25-9-2-3-10-26(25)21-29/h2,4-9,11-23H,3,10H2,1H3. The molecule has 7 rings (SSSR count). The van der Waals surface area contributed by atoms with Crippen molar-refractivity contribution in [3.63, 3.8) is 0 Å². The highest BCUT2D eigenvalue weighted by Crippen LogP contribution is 2.44. The molecule has 1 aliphatic carbocycles. The normalized spacial score (nSPS) is 12.7. The number of aromatic nitrogens is 1. The van der Waals surface area contributed by atoms with E-state index in [2.05, 4.69) is 122 Å². The van der Waals surface area contributed by atoms with Crippen LogP contribution in [0.4, 0.5) is 0 Å². The number of aryl methyl sites for hydroxylation is 2. The minimum Gasteiger partial charge on any atom is -0.256 e. The van der Waals surface area contributed by atoms with Crippen LogP contribution in [0.25, 0.3) is 61.1 Å². The fourth-order valence-electron chi connectivity index (χ4n) is 5.81. The fraction of sp³-hybridized carbons (Fsp3) is 0.0833. The van der Waals surface area contributed by atoms with E-state index in [0.29, 0.717) is 0 Å². The van der Waals surface area contributed by atoms with Crippen LogP contribution in [0.5, 0.6) is 0 Å². The highest BCUT2D eigenvalue weighted by atomic mass is 14.7. The van der Waals surface area contributed by atoms with Crippen LogP contribution in [-0.4, -0.2) is 4.98 Å². The molecular formula is C36H27N. The van der Waals surface area contributed by atoms with Gasteiger partial charge in [0.25, 0.3) is 0 Å². The molecule has 1 aromatic heterocycles. The fourth-order valence-corrected chi connectivity index (χ4v) is 5.81. The van der Waals surface area contributed by atoms with Gasteiger partial charge in [-0.1, -0.05) is 103 Å². The number of benzene rings is 5. The van der Waals surface area contributed by atoms with Gasteiger partial charge in [0.05, 0.1) is 5.69 Å². The van der Waals surface area contributed by atoms with E-state index in [9.17, 15) is 0 Å². The third kappa shape index (κ3) is 3.75. The zero-order chi connectivity index (χ0) is 24.8. The molecule has 37 heavy (non-hydrogen) atoms. The van der Waals surface area contributed by atoms with Gasteiger partial charge in [-0.25, -0.2) is 0 Å². The van der Waals surface area contributed by atoms with E-state index in [-0.39, 0.29) is 0 Å². The first-order valence-electron chi connectivity index (χ1n) is 13.0. The van der Waals surface area contributed by atoms with Crippen LogP contribution in [0, 0.1) is 6.92 Å². The first-order valence-corrected chi connectivity index (χ1v) is 13.0. The van der Waals surface area contributed by atoms with E-state index in [1.54, 1.807) is 0 Å². The summed E-state index contributed by atoms with van der Waals surface area (Å²) in [6.45, 7) is 2.08. The van der Waals surface area contributed by atoms with Gasteiger partial charge in [-0.15, -0.1) is 0 Å². The topological polar surface area (TPSA) is 12.9 Å². The Hall–Kier alpha value is -4.49. The van der Waals surface area contributed by atoms with Crippen molar-refractivity contribution in [2.45, 2.75) is 19.8 Å². The Bertz CT molecular complexity index is 1770. The van der Waals surface area contributed by atoms with Gasteiger partial charge in [0.15, 0.2) is 0 Å². The van der Waals surface area contributed by atoms with Crippen LogP contribution in [0.1, 0.15) is 23.1 Å². The first kappa shape index (κ1) is 21.8. The predicted molar refractivity (Wildman–Crippen MR) is 158 cm³/mol. The van der Waals surface area contributed by atoms with E-state index in [1.807, 2.05) is 6.20 Å². The third-order valence-corrected chi connectivity index (χ3v) is 7.60. The van der Waals surface area contributed by atoms with Crippen molar-refractivity contribution in [3.8, 4) is 33.5 Å². The lowest BCUT2D eigenvalue weighted by Crippen LogP contribution is -1.96. The van der Waals surface area contributed by atoms with E-state index < -0.39 is 0 Å². The molecule has 0 saturated heterocycles. The Kier molecular flexibility index (Phi) is 5.22. The van der Waals surface area contributed by atoms with Gasteiger partial charge in [-0.2, -0.15) is 0 Å². The number of fused-ring (bicyclic) bond motifs is 3. The van der Waals surface area contributed by atoms with Gasteiger partial charge >= 0.3 is 0 Å². The molecule has 0 bridgehead atoms. The molecule has 1 aliphatic rings. The van der Waals surface area contributed by atoms with Crippen LogP contribution in [0.2, 0.25) is 0 Å². The van der Waals surface area contributed by atoms with Gasteiger partial charge in [-0.3, -0.25) is 4.98 Å². The average Bonchev–Trinajstić information content (AvgIpc) is 2.96. The van der Waals surface area contributed by atoms with Crippen molar-refractivity contribution in [1.82, 2.24) is 4.98 Å². The van der Waals surface area contributed by atoms with E-state index in [1.165, 1.54) is 60.5 Å². The number of rotatable bonds is 3. The Morgan fingerprint density at radius 2 is 1.24 bits per heavy atom. The maximum Gasteiger partial charge on any atom is 0.0702 e. The lowest BCUT2D eigenvalue weighted by Gasteiger charge is -2.19. The highest BCUT2D eigenvalue weighted by molar-refractivity contribution is 6.21. The second-order valence-corrected chi connectivity index (χ2v) is 10.00. The minimum absolute atomic E-state index is 1.00. The molecule has 0 saturated carbocycles. The van der Waals surface area contributed by atoms with Crippen molar-refractivity contribution in [3.05, 3.63) is 132 Å². The summed E-state index contributed by atoms with van der Waals surface area (Å²) in [6.07, 6.45) is 8.70. The third-order valence-electron chi connectivity index (χ3n) is 7.60. The number of allylic oxidation sites excluding steroid dienone is 1. The van der Waals surface area contributed by atoms with Crippen LogP contribution in [0.15, 0.2) is 115 Å². The quantitative estimate of drug-likeness (QED) is 0.233. The summed E-state index contributed by atoms with van der Waals surface area (Å²) in [4.78, 5) is 4.69. The SMILES string of the molecule is Cc1ccc(-c2cccc(-c3c4ccccc4c(-c4ccc5c(c4)CCC=C5)c4ccccc34)c2)nc1. The summed E-state index contributed by atoms with van der Waals surface area (Å²) in [5.41, 5.74) is 11.2. The second kappa shape index (κ2) is 8.87. The zero-order valence-electron chi connectivity index (χ0n) is 20.9. The van der Waals surface area contributed by atoms with Gasteiger partial charge in [-0.05, 0) is 92.4 Å². The second-order valence-electron chi connectivity index (χ2n) is 10.00. The van der Waals surface area contributed by atoms with Gasteiger partial charge in [0.2, 0.25) is 0 Å². The molecule has 0 fully saturated rings. The molecule has 176 valence electrons. The molecule has 6 aromatic rings. The lowest BCUT2D eigenvalue weighted by atomic mass is 9.84. The van der Waals surface area contributed by atoms with Crippen LogP contribution < -0.4 is 0 Å². The molecule has 0 aliphatic heterocycles. The molecule has 5 aromatic carbocycles. The molecular weight excluding hydrogens is 446 g/mol. The maximum atomic E-state index is 4.69. The van der Waals surface area contributed by atoms with Crippen LogP contribution in [0.3, 0.4) is 0 Å². The molecule has 0 radical (unpaired) electrons. The summed E-state index contributed by atoms with van der Waals surface area (Å²) >= 11 is 0. The number of nitrogens with zero attached hydrogens (tertiary/aromatic N) is 1. The summed E-state index contributed by atoms with van der Waals surface area (Å²) in [5, 5.41) is 5.15. The predicted octanol–water partition coefficient (Wildman–Crippen LogP) is 9.66. The first-order chi connectivity index (χ1) is 18.3. The van der Waals surface area contributed by atoms with E-state index >= 15 is 0 Å². The maximum absolute atomic E-state index is 4.69. The largest absolute Gasteiger partial charge is 0.256 e. The molecule has 0 amide bonds. The van der Waals surface area contributed by atoms with Gasteiger partial charge in [0.1, 0.15) is 0 Å². The summed E-state index contributed by atoms with van der Waals surface area (Å²) < 4.78 is 0. The van der Waals surface area contributed by atoms with Crippen LogP contribution >= 0.6 is 0 Å². The molecule has 0 unspecified atom stereocenters. The Morgan fingerprint density at radius 3 is 1.89 bits per heavy atom. The molecule has 1 heteroatoms. The summed E-state index contributed by atoms with van der Waals surface area (Å²) in [5.74, 6) is 0. The van der Waals surface area contributed by atoms with Crippen molar-refractivity contribution >= 4 is 27.6 Å². The van der Waals surface area contributed by atoms with Gasteiger partial charge in [0, 0.05) is 11.8 Å². The monoisotopic (exact) mass is 473 g/mol. The van der Waals surface area contributed by atoms with Gasteiger partial charge < -0.3 is 0 Å². The van der Waals surface area contributed by atoms with E-state index in [0.717, 1.165) is 24.1 Å². The lowest BCUT2D eigenvalue weighted by molar-refractivity contribution is 0.986. The summed E-state index contributed by atoms with van der Waals surface area (Å²) in [7, 11) is 0. The number of pyridine rings is 1. The highest BCUT2D eigenvalue weighted by Gasteiger charge is 2.18. The zero-order valence-corrected chi connectivity index (χ0v) is 20.9. The van der Waals surface area contributed by atoms with Crippen LogP contribution in [-0.2, 0) is 6.42 Å². The van der Waals surface area contributed by atoms with Crippen molar-refractivity contribution in [2.24, 2.45) is 0 Å². The van der Waals surface area contributed by atoms with Crippen molar-refractivity contribution in [1.29, 1.82) is 0 Å². The molecule has 0 N–H and O–H groups in total. The Balaban J connectivity index is 1.51. The van der Waals surface area contributed by atoms with Crippen molar-refractivity contribution in [2.75, 3.05) is 0 Å². The number of hydrogen-bond acceptors (Lipinski definition) is 1. The molecule has 0 spiro atoms. The smallest absolute Gasteiger partial charge is 0.0702 e. The molecule has 1 nitrogen and oxygen atoms in total. The summed E-state index contributed by atoms with van der Waals surface area (Å²) in [6, 6.07) is 37.8. The molecule has 1 heterocycles. The minimum atomic E-state index is 1.00. The van der Waals surface area contributed by atoms with Crippen molar-refractivity contribution < 1.29 is 0 Å². The number of hydrogen-bond donors (Lipinski definition) is 0.